The number of amides is 2. The molecule has 26 heavy (non-hydrogen) atoms. The number of nitrogens with two attached hydrogens (primary N) is 1. The number of nitrogens with zero attached hydrogens (tertiary/aromatic N) is 3. The molecule has 0 bridgehead atoms. The maximum atomic E-state index is 12.5. The zero-order valence-electron chi connectivity index (χ0n) is 15.3. The standard InChI is InChI=1S/C19H29N5O2/c20-12-18(25)23-10-6-17(7-11-23)24-9-3-4-15(14-24)19(26)22-13-16-5-1-2-8-21-16/h1-2,5,8,15,17H,3-4,6-7,9-14,20H2,(H,22,26). The van der Waals surface area contributed by atoms with E-state index in [1.54, 1.807) is 6.20 Å². The van der Waals surface area contributed by atoms with Crippen LogP contribution >= 0.6 is 0 Å². The zero-order chi connectivity index (χ0) is 18.4. The van der Waals surface area contributed by atoms with Crippen LogP contribution in [0.4, 0.5) is 0 Å². The van der Waals surface area contributed by atoms with E-state index < -0.39 is 0 Å². The molecule has 2 saturated heterocycles. The van der Waals surface area contributed by atoms with Gasteiger partial charge < -0.3 is 16.0 Å². The van der Waals surface area contributed by atoms with Crippen molar-refractivity contribution in [3.63, 3.8) is 0 Å². The summed E-state index contributed by atoms with van der Waals surface area (Å²) < 4.78 is 0. The maximum absolute atomic E-state index is 12.5. The van der Waals surface area contributed by atoms with Gasteiger partial charge in [0.05, 0.1) is 24.7 Å². The van der Waals surface area contributed by atoms with Gasteiger partial charge in [-0.25, -0.2) is 0 Å². The number of aromatic nitrogens is 1. The van der Waals surface area contributed by atoms with Crippen LogP contribution in [0.2, 0.25) is 0 Å². The second-order valence-electron chi connectivity index (χ2n) is 7.19. The molecule has 0 radical (unpaired) electrons. The summed E-state index contributed by atoms with van der Waals surface area (Å²) in [5.41, 5.74) is 6.33. The summed E-state index contributed by atoms with van der Waals surface area (Å²) in [5.74, 6) is 0.195. The summed E-state index contributed by atoms with van der Waals surface area (Å²) in [4.78, 5) is 32.8. The molecular formula is C19H29N5O2. The topological polar surface area (TPSA) is 91.6 Å². The van der Waals surface area contributed by atoms with Crippen molar-refractivity contribution in [3.8, 4) is 0 Å². The molecule has 7 heteroatoms. The number of carbonyl (C=O) groups excluding carboxylic acids is 2. The van der Waals surface area contributed by atoms with Crippen LogP contribution in [0.3, 0.4) is 0 Å². The first-order chi connectivity index (χ1) is 12.7. The number of hydrogen-bond acceptors (Lipinski definition) is 5. The summed E-state index contributed by atoms with van der Waals surface area (Å²) in [6.07, 6.45) is 5.66. The Morgan fingerprint density at radius 3 is 2.69 bits per heavy atom. The van der Waals surface area contributed by atoms with Gasteiger partial charge in [-0.3, -0.25) is 19.5 Å². The Morgan fingerprint density at radius 1 is 1.19 bits per heavy atom. The molecule has 2 aliphatic heterocycles. The largest absolute Gasteiger partial charge is 0.350 e. The van der Waals surface area contributed by atoms with Crippen molar-refractivity contribution in [1.29, 1.82) is 0 Å². The third-order valence-electron chi connectivity index (χ3n) is 5.50. The van der Waals surface area contributed by atoms with Gasteiger partial charge >= 0.3 is 0 Å². The van der Waals surface area contributed by atoms with Gasteiger partial charge in [-0.15, -0.1) is 0 Å². The quantitative estimate of drug-likeness (QED) is 0.792. The molecule has 2 aliphatic rings. The second kappa shape index (κ2) is 9.09. The first-order valence-electron chi connectivity index (χ1n) is 9.57. The molecule has 7 nitrogen and oxygen atoms in total. The predicted molar refractivity (Wildman–Crippen MR) is 99.0 cm³/mol. The van der Waals surface area contributed by atoms with Crippen molar-refractivity contribution in [2.75, 3.05) is 32.7 Å². The maximum Gasteiger partial charge on any atom is 0.236 e. The highest BCUT2D eigenvalue weighted by Gasteiger charge is 2.32. The molecule has 3 heterocycles. The molecule has 142 valence electrons. The van der Waals surface area contributed by atoms with Crippen LogP contribution in [-0.4, -0.2) is 65.4 Å². The van der Waals surface area contributed by atoms with Crippen LogP contribution in [0, 0.1) is 5.92 Å². The summed E-state index contributed by atoms with van der Waals surface area (Å²) in [6.45, 7) is 3.97. The Kier molecular flexibility index (Phi) is 6.57. The van der Waals surface area contributed by atoms with Crippen molar-refractivity contribution in [1.82, 2.24) is 20.1 Å². The monoisotopic (exact) mass is 359 g/mol. The third-order valence-corrected chi connectivity index (χ3v) is 5.50. The van der Waals surface area contributed by atoms with Crippen molar-refractivity contribution in [2.45, 2.75) is 38.3 Å². The number of hydrogen-bond donors (Lipinski definition) is 2. The minimum Gasteiger partial charge on any atom is -0.350 e. The van der Waals surface area contributed by atoms with E-state index in [-0.39, 0.29) is 24.3 Å². The molecule has 3 N–H and O–H groups in total. The van der Waals surface area contributed by atoms with E-state index in [2.05, 4.69) is 15.2 Å². The fraction of sp³-hybridized carbons (Fsp3) is 0.632. The lowest BCUT2D eigenvalue weighted by Gasteiger charge is -2.42. The minimum absolute atomic E-state index is 0.0360. The van der Waals surface area contributed by atoms with Crippen LogP contribution in [0.25, 0.3) is 0 Å². The minimum atomic E-state index is 0.0360. The van der Waals surface area contributed by atoms with Gasteiger partial charge in [0.2, 0.25) is 11.8 Å². The fourth-order valence-electron chi connectivity index (χ4n) is 3.99. The highest BCUT2D eigenvalue weighted by Crippen LogP contribution is 2.24. The van der Waals surface area contributed by atoms with Crippen molar-refractivity contribution in [2.24, 2.45) is 11.7 Å². The SMILES string of the molecule is NCC(=O)N1CCC(N2CCCC(C(=O)NCc3ccccn3)C2)CC1. The van der Waals surface area contributed by atoms with Gasteiger partial charge in [0, 0.05) is 31.9 Å². The second-order valence-corrected chi connectivity index (χ2v) is 7.19. The van der Waals surface area contributed by atoms with Gasteiger partial charge in [0.15, 0.2) is 0 Å². The molecule has 3 rings (SSSR count). The van der Waals surface area contributed by atoms with Crippen LogP contribution < -0.4 is 11.1 Å². The van der Waals surface area contributed by atoms with E-state index >= 15 is 0 Å². The molecule has 0 spiro atoms. The summed E-state index contributed by atoms with van der Waals surface area (Å²) >= 11 is 0. The summed E-state index contributed by atoms with van der Waals surface area (Å²) in [7, 11) is 0. The molecule has 2 amide bonds. The van der Waals surface area contributed by atoms with E-state index in [0.29, 0.717) is 12.6 Å². The normalized spacial score (nSPS) is 22.2. The first kappa shape index (κ1) is 18.8. The molecule has 1 aromatic rings. The molecule has 1 atom stereocenters. The third kappa shape index (κ3) is 4.80. The van der Waals surface area contributed by atoms with Gasteiger partial charge in [-0.1, -0.05) is 6.07 Å². The lowest BCUT2D eigenvalue weighted by molar-refractivity contribution is -0.131. The van der Waals surface area contributed by atoms with Crippen molar-refractivity contribution in [3.05, 3.63) is 30.1 Å². The summed E-state index contributed by atoms with van der Waals surface area (Å²) in [6, 6.07) is 6.18. The van der Waals surface area contributed by atoms with Crippen LogP contribution in [0.5, 0.6) is 0 Å². The molecule has 0 aliphatic carbocycles. The number of pyridine rings is 1. The highest BCUT2D eigenvalue weighted by molar-refractivity contribution is 5.79. The average molecular weight is 359 g/mol. The van der Waals surface area contributed by atoms with E-state index in [0.717, 1.165) is 57.6 Å². The van der Waals surface area contributed by atoms with Crippen molar-refractivity contribution < 1.29 is 9.59 Å². The van der Waals surface area contributed by atoms with Gasteiger partial charge in [-0.2, -0.15) is 0 Å². The predicted octanol–water partition coefficient (Wildman–Crippen LogP) is 0.360. The number of rotatable bonds is 5. The Balaban J connectivity index is 1.46. The Bertz CT molecular complexity index is 601. The zero-order valence-corrected chi connectivity index (χ0v) is 15.3. The fourth-order valence-corrected chi connectivity index (χ4v) is 3.99. The lowest BCUT2D eigenvalue weighted by Crippen LogP contribution is -2.52. The van der Waals surface area contributed by atoms with Gasteiger partial charge in [0.25, 0.3) is 0 Å². The smallest absolute Gasteiger partial charge is 0.236 e. The van der Waals surface area contributed by atoms with E-state index in [1.165, 1.54) is 0 Å². The van der Waals surface area contributed by atoms with E-state index in [4.69, 9.17) is 5.73 Å². The highest BCUT2D eigenvalue weighted by atomic mass is 16.2. The lowest BCUT2D eigenvalue weighted by atomic mass is 9.93. The Morgan fingerprint density at radius 2 is 2.00 bits per heavy atom. The van der Waals surface area contributed by atoms with E-state index in [9.17, 15) is 9.59 Å². The van der Waals surface area contributed by atoms with Gasteiger partial charge in [0.1, 0.15) is 0 Å². The number of nitrogens with one attached hydrogen (secondary N) is 1. The molecular weight excluding hydrogens is 330 g/mol. The van der Waals surface area contributed by atoms with Crippen molar-refractivity contribution >= 4 is 11.8 Å². The Hall–Kier alpha value is -1.99. The molecule has 0 aromatic carbocycles. The number of piperidine rings is 2. The molecule has 1 aromatic heterocycles. The van der Waals surface area contributed by atoms with Crippen LogP contribution in [0.1, 0.15) is 31.4 Å². The van der Waals surface area contributed by atoms with Crippen LogP contribution in [0.15, 0.2) is 24.4 Å². The first-order valence-corrected chi connectivity index (χ1v) is 9.57. The summed E-state index contributed by atoms with van der Waals surface area (Å²) in [5, 5.41) is 3.03. The molecule has 0 saturated carbocycles. The molecule has 2 fully saturated rings. The Labute approximate surface area is 154 Å². The number of carbonyl (C=O) groups is 2. The van der Waals surface area contributed by atoms with Gasteiger partial charge in [-0.05, 0) is 44.4 Å². The number of likely N-dealkylation sites (tertiary alicyclic amines) is 2. The average Bonchev–Trinajstić information content (AvgIpc) is 2.72. The van der Waals surface area contributed by atoms with E-state index in [1.807, 2.05) is 23.1 Å². The van der Waals surface area contributed by atoms with Crippen LogP contribution in [-0.2, 0) is 16.1 Å². The molecule has 1 unspecified atom stereocenters.